The van der Waals surface area contributed by atoms with Crippen molar-refractivity contribution >= 4 is 17.5 Å². The molecule has 5 heterocycles. The number of hydrogen-bond acceptors (Lipinski definition) is 11. The molecule has 0 amide bonds. The smallest absolute Gasteiger partial charge is 0.340 e. The molecule has 84 heavy (non-hydrogen) atoms. The number of allylic oxidation sites excluding steroid dienone is 5. The van der Waals surface area contributed by atoms with Crippen molar-refractivity contribution < 1.29 is 29.3 Å². The van der Waals surface area contributed by atoms with Crippen molar-refractivity contribution in [3.8, 4) is 16.9 Å². The van der Waals surface area contributed by atoms with Gasteiger partial charge in [0.2, 0.25) is 0 Å². The molecule has 5 aliphatic heterocycles. The zero-order valence-electron chi connectivity index (χ0n) is 49.8. The second-order valence-corrected chi connectivity index (χ2v) is 27.4. The number of esters is 2. The predicted octanol–water partition coefficient (Wildman–Crippen LogP) is 12.1. The third kappa shape index (κ3) is 9.98. The maximum absolute atomic E-state index is 15.4. The molecule has 13 atom stereocenters. The maximum Gasteiger partial charge on any atom is 0.340 e. The second-order valence-electron chi connectivity index (χ2n) is 27.4. The number of aliphatic hydroxyl groups is 1. The number of aromatic hydroxyl groups is 1. The quantitative estimate of drug-likeness (QED) is 0.0719. The van der Waals surface area contributed by atoms with E-state index in [4.69, 9.17) is 9.47 Å². The van der Waals surface area contributed by atoms with Crippen LogP contribution in [-0.2, 0) is 45.0 Å². The summed E-state index contributed by atoms with van der Waals surface area (Å²) in [5.74, 6) is 2.58. The number of piperidine rings is 1. The van der Waals surface area contributed by atoms with Crippen LogP contribution >= 0.6 is 0 Å². The van der Waals surface area contributed by atoms with Crippen molar-refractivity contribution in [3.63, 3.8) is 0 Å². The van der Waals surface area contributed by atoms with Crippen LogP contribution in [0.15, 0.2) is 131 Å². The average molecular weight is 1130 g/mol. The number of hydrogen-bond donors (Lipinski definition) is 7. The van der Waals surface area contributed by atoms with E-state index >= 15 is 9.59 Å². The van der Waals surface area contributed by atoms with Crippen LogP contribution < -0.4 is 26.6 Å². The Bertz CT molecular complexity index is 3300. The highest BCUT2D eigenvalue weighted by atomic mass is 16.6. The Morgan fingerprint density at radius 3 is 2.50 bits per heavy atom. The zero-order valence-corrected chi connectivity index (χ0v) is 49.8. The summed E-state index contributed by atoms with van der Waals surface area (Å²) in [5, 5.41) is 42.0. The molecule has 2 saturated heterocycles. The maximum atomic E-state index is 15.4. The molecule has 7 aliphatic carbocycles. The molecule has 4 aromatic carbocycles. The summed E-state index contributed by atoms with van der Waals surface area (Å²) >= 11 is 0. The van der Waals surface area contributed by atoms with Crippen molar-refractivity contribution in [3.05, 3.63) is 165 Å². The topological polar surface area (TPSA) is 153 Å². The Hall–Kier alpha value is -5.66. The Kier molecular flexibility index (Phi) is 15.5. The molecule has 0 radical (unpaired) electrons. The minimum Gasteiger partial charge on any atom is -0.508 e. The van der Waals surface area contributed by atoms with E-state index in [0.29, 0.717) is 60.6 Å². The van der Waals surface area contributed by atoms with Gasteiger partial charge in [-0.1, -0.05) is 92.6 Å². The highest BCUT2D eigenvalue weighted by Gasteiger charge is 2.69. The molecule has 0 aromatic heterocycles. The number of nitrogens with one attached hydrogen (secondary N) is 5. The van der Waals surface area contributed by atoms with Gasteiger partial charge in [-0.25, -0.2) is 9.59 Å². The van der Waals surface area contributed by atoms with Crippen molar-refractivity contribution in [2.45, 2.75) is 160 Å². The number of phenolic OH excluding ortho intramolecular Hbond substituents is 1. The number of benzene rings is 4. The second kappa shape index (κ2) is 23.2. The number of phenols is 1. The molecule has 12 aliphatic rings. The number of carbonyl (C=O) groups is 2. The van der Waals surface area contributed by atoms with E-state index in [1.54, 1.807) is 6.07 Å². The normalized spacial score (nSPS) is 33.0. The molecule has 11 heteroatoms. The number of fused-ring (bicyclic) bond motifs is 6. The molecule has 4 aromatic rings. The van der Waals surface area contributed by atoms with E-state index in [0.717, 1.165) is 135 Å². The molecule has 14 bridgehead atoms. The largest absolute Gasteiger partial charge is 0.508 e. The summed E-state index contributed by atoms with van der Waals surface area (Å²) in [7, 11) is 2.09. The van der Waals surface area contributed by atoms with Crippen LogP contribution in [0.2, 0.25) is 0 Å². The summed E-state index contributed by atoms with van der Waals surface area (Å²) in [5.41, 5.74) is 11.8. The highest BCUT2D eigenvalue weighted by Crippen LogP contribution is 2.73. The van der Waals surface area contributed by atoms with Crippen LogP contribution in [0.3, 0.4) is 0 Å². The van der Waals surface area contributed by atoms with E-state index < -0.39 is 11.5 Å². The van der Waals surface area contributed by atoms with Gasteiger partial charge in [0.15, 0.2) is 0 Å². The lowest BCUT2D eigenvalue weighted by Crippen LogP contribution is -2.57. The van der Waals surface area contributed by atoms with E-state index in [-0.39, 0.29) is 59.0 Å². The third-order valence-corrected chi connectivity index (χ3v) is 23.0. The molecule has 11 nitrogen and oxygen atoms in total. The van der Waals surface area contributed by atoms with Crippen molar-refractivity contribution in [2.75, 3.05) is 26.7 Å². The number of rotatable bonds is 11. The van der Waals surface area contributed by atoms with Gasteiger partial charge in [0, 0.05) is 48.8 Å². The van der Waals surface area contributed by atoms with E-state index in [2.05, 4.69) is 126 Å². The van der Waals surface area contributed by atoms with E-state index in [9.17, 15) is 10.2 Å². The van der Waals surface area contributed by atoms with Gasteiger partial charge in [-0.15, -0.1) is 0 Å². The van der Waals surface area contributed by atoms with Gasteiger partial charge in [-0.2, -0.15) is 0 Å². The summed E-state index contributed by atoms with van der Waals surface area (Å²) in [4.78, 5) is 30.8. The van der Waals surface area contributed by atoms with Crippen LogP contribution in [0.1, 0.15) is 150 Å². The lowest BCUT2D eigenvalue weighted by Gasteiger charge is -2.56. The Labute approximate surface area is 498 Å². The standard InChI is InChI=1S/C73H89N5O6/c1-4-44(31-45-11-6-5-7-12-45)36-63-73-29-24-55-56-20-21-58-62(83-70(81)66(58)67(56)73)25-28-72-27-23-57(60(72)22-17-50-42-77-64(74-3)38-61(50)72)69(78-39-43(2)79)51-33-46(32-48(35-51)41-76-52-15-8-9-16-52)26-30-75-40-47-13-10-14-49(34-47)54-19-18-53(80)37-59(54)65(55)68(73)71(82)84-63/h5-7,10-14,18-19,25,32-37,43-44,50,52,55-57,60-61,64,67,69,74-80H,4,8-9,15-17,20-24,26-31,38-42H2,1-3H3. The first kappa shape index (κ1) is 56.2. The van der Waals surface area contributed by atoms with Gasteiger partial charge in [0.25, 0.3) is 0 Å². The fourth-order valence-corrected chi connectivity index (χ4v) is 19.3. The summed E-state index contributed by atoms with van der Waals surface area (Å²) in [6.45, 7) is 7.97. The number of carbonyl (C=O) groups excluding carboxylic acids is 2. The minimum atomic E-state index is -0.889. The van der Waals surface area contributed by atoms with E-state index in [1.165, 1.54) is 54.4 Å². The fourth-order valence-electron chi connectivity index (χ4n) is 19.3. The number of cyclic esters (lactones) is 1. The van der Waals surface area contributed by atoms with Crippen molar-refractivity contribution in [2.24, 2.45) is 58.2 Å². The van der Waals surface area contributed by atoms with Crippen LogP contribution in [-0.4, -0.2) is 67.1 Å². The molecule has 4 saturated carbocycles. The van der Waals surface area contributed by atoms with Crippen LogP contribution in [0, 0.1) is 58.2 Å². The summed E-state index contributed by atoms with van der Waals surface area (Å²) in [6, 6.07) is 33.1. The first-order valence-corrected chi connectivity index (χ1v) is 32.7. The monoisotopic (exact) mass is 1130 g/mol. The molecule has 16 rings (SSSR count). The van der Waals surface area contributed by atoms with Gasteiger partial charge >= 0.3 is 11.9 Å². The number of aliphatic hydroxyl groups excluding tert-OH is 1. The zero-order chi connectivity index (χ0) is 57.3. The molecule has 442 valence electrons. The summed E-state index contributed by atoms with van der Waals surface area (Å²) in [6.07, 6.45) is 21.5. The molecule has 13 unspecified atom stereocenters. The Balaban J connectivity index is 0.934. The molecular weight excluding hydrogens is 1040 g/mol. The first-order chi connectivity index (χ1) is 41.0. The van der Waals surface area contributed by atoms with Crippen molar-refractivity contribution in [1.29, 1.82) is 0 Å². The average Bonchev–Trinajstić information content (AvgIpc) is 1.56. The van der Waals surface area contributed by atoms with Crippen LogP contribution in [0.5, 0.6) is 5.75 Å². The lowest BCUT2D eigenvalue weighted by atomic mass is 9.44. The molecule has 1 spiro atoms. The minimum absolute atomic E-state index is 0.0330. The Morgan fingerprint density at radius 1 is 0.798 bits per heavy atom. The third-order valence-electron chi connectivity index (χ3n) is 23.0. The molecule has 6 fully saturated rings. The lowest BCUT2D eigenvalue weighted by molar-refractivity contribution is -0.135. The fraction of sp³-hybridized carbons (Fsp3) is 0.534. The van der Waals surface area contributed by atoms with Gasteiger partial charge in [-0.05, 0) is 251 Å². The van der Waals surface area contributed by atoms with Crippen molar-refractivity contribution in [1.82, 2.24) is 26.6 Å². The SMILES string of the molecule is CCC(C=C1OC(=O)C2=C3c4cc(O)ccc4-c4cccc(c4)CNCCc4cc(CNC5CCCC5)cc(c4)C(NCC(C)O)C4CCC5(CC=C6OC(=O)C7=C6CCC6C3CCC12C76)C1CC(NC)NCC1CCC45)Cc1ccccc1. The van der Waals surface area contributed by atoms with Crippen LogP contribution in [0.4, 0.5) is 0 Å². The Morgan fingerprint density at radius 2 is 1.67 bits per heavy atom. The van der Waals surface area contributed by atoms with Crippen LogP contribution in [0.25, 0.3) is 16.7 Å². The van der Waals surface area contributed by atoms with Gasteiger partial charge < -0.3 is 46.3 Å². The molecular formula is C73H89N5O6. The van der Waals surface area contributed by atoms with E-state index in [1.807, 2.05) is 19.1 Å². The van der Waals surface area contributed by atoms with Gasteiger partial charge in [0.05, 0.1) is 23.3 Å². The number of ether oxygens (including phenoxy) is 2. The first-order valence-electron chi connectivity index (χ1n) is 32.7. The van der Waals surface area contributed by atoms with Gasteiger partial charge in [-0.3, -0.25) is 0 Å². The highest BCUT2D eigenvalue weighted by molar-refractivity contribution is 6.07. The van der Waals surface area contributed by atoms with Gasteiger partial charge in [0.1, 0.15) is 17.3 Å². The summed E-state index contributed by atoms with van der Waals surface area (Å²) < 4.78 is 13.6. The predicted molar refractivity (Wildman–Crippen MR) is 329 cm³/mol. The molecule has 7 N–H and O–H groups in total.